The van der Waals surface area contributed by atoms with Crippen molar-refractivity contribution in [2.75, 3.05) is 6.61 Å². The van der Waals surface area contributed by atoms with Gasteiger partial charge in [-0.1, -0.05) is 33.1 Å². The largest absolute Gasteiger partial charge is 0.484 e. The standard InChI is InChI=1S/C21H27NO4/c1-3-6-15-11-21(24)26-19-12-16(9-10-17(15)19)25-13-20(23)22-18-8-5-4-7-14(18)2/h9-12,14,18H,3-8,13H2,1-2H3,(H,22,23). The molecule has 26 heavy (non-hydrogen) atoms. The molecule has 1 aromatic carbocycles. The highest BCUT2D eigenvalue weighted by Crippen LogP contribution is 2.25. The first-order valence-corrected chi connectivity index (χ1v) is 9.55. The fourth-order valence-corrected chi connectivity index (χ4v) is 3.70. The van der Waals surface area contributed by atoms with Crippen LogP contribution in [0.25, 0.3) is 11.0 Å². The summed E-state index contributed by atoms with van der Waals surface area (Å²) in [4.78, 5) is 23.9. The number of ether oxygens (including phenoxy) is 1. The number of hydrogen-bond acceptors (Lipinski definition) is 4. The zero-order chi connectivity index (χ0) is 18.5. The van der Waals surface area contributed by atoms with Crippen molar-refractivity contribution in [2.24, 2.45) is 5.92 Å². The summed E-state index contributed by atoms with van der Waals surface area (Å²) in [7, 11) is 0. The molecule has 1 fully saturated rings. The van der Waals surface area contributed by atoms with Crippen molar-refractivity contribution in [1.82, 2.24) is 5.32 Å². The quantitative estimate of drug-likeness (QED) is 0.798. The maximum Gasteiger partial charge on any atom is 0.336 e. The van der Waals surface area contributed by atoms with Crippen molar-refractivity contribution in [2.45, 2.75) is 58.4 Å². The topological polar surface area (TPSA) is 68.5 Å². The van der Waals surface area contributed by atoms with Gasteiger partial charge in [0.2, 0.25) is 0 Å². The molecular weight excluding hydrogens is 330 g/mol. The summed E-state index contributed by atoms with van der Waals surface area (Å²) in [5.74, 6) is 0.936. The van der Waals surface area contributed by atoms with Crippen LogP contribution in [0.4, 0.5) is 0 Å². The summed E-state index contributed by atoms with van der Waals surface area (Å²) >= 11 is 0. The monoisotopic (exact) mass is 357 g/mol. The van der Waals surface area contributed by atoms with Gasteiger partial charge < -0.3 is 14.5 Å². The highest BCUT2D eigenvalue weighted by atomic mass is 16.5. The van der Waals surface area contributed by atoms with Crippen LogP contribution in [-0.2, 0) is 11.2 Å². The minimum Gasteiger partial charge on any atom is -0.484 e. The Labute approximate surface area is 153 Å². The summed E-state index contributed by atoms with van der Waals surface area (Å²) in [6, 6.07) is 7.18. The van der Waals surface area contributed by atoms with E-state index in [4.69, 9.17) is 9.15 Å². The molecule has 140 valence electrons. The molecule has 1 aliphatic rings. The van der Waals surface area contributed by atoms with Crippen molar-refractivity contribution in [3.8, 4) is 5.75 Å². The van der Waals surface area contributed by atoms with Gasteiger partial charge in [-0.15, -0.1) is 0 Å². The van der Waals surface area contributed by atoms with E-state index in [9.17, 15) is 9.59 Å². The first-order valence-electron chi connectivity index (χ1n) is 9.55. The number of hydrogen-bond donors (Lipinski definition) is 1. The van der Waals surface area contributed by atoms with Crippen LogP contribution in [0.2, 0.25) is 0 Å². The van der Waals surface area contributed by atoms with Gasteiger partial charge in [0.25, 0.3) is 5.91 Å². The Morgan fingerprint density at radius 3 is 2.85 bits per heavy atom. The molecule has 1 amide bonds. The van der Waals surface area contributed by atoms with E-state index >= 15 is 0 Å². The van der Waals surface area contributed by atoms with E-state index in [1.54, 1.807) is 12.1 Å². The molecule has 1 heterocycles. The smallest absolute Gasteiger partial charge is 0.336 e. The molecule has 1 saturated carbocycles. The minimum atomic E-state index is -0.359. The minimum absolute atomic E-state index is 0.0341. The van der Waals surface area contributed by atoms with E-state index < -0.39 is 0 Å². The SMILES string of the molecule is CCCc1cc(=O)oc2cc(OCC(=O)NC3CCCCC3C)ccc12. The second-order valence-electron chi connectivity index (χ2n) is 7.22. The second-order valence-corrected chi connectivity index (χ2v) is 7.22. The molecule has 2 atom stereocenters. The molecular formula is C21H27NO4. The normalized spacial score (nSPS) is 20.1. The lowest BCUT2D eigenvalue weighted by Crippen LogP contribution is -2.43. The average Bonchev–Trinajstić information content (AvgIpc) is 2.62. The van der Waals surface area contributed by atoms with Crippen molar-refractivity contribution < 1.29 is 13.9 Å². The van der Waals surface area contributed by atoms with Gasteiger partial charge >= 0.3 is 5.63 Å². The Kier molecular flexibility index (Phi) is 5.96. The number of carbonyl (C=O) groups is 1. The van der Waals surface area contributed by atoms with Gasteiger partial charge in [0.15, 0.2) is 6.61 Å². The number of rotatable bonds is 6. The van der Waals surface area contributed by atoms with E-state index in [0.717, 1.165) is 36.6 Å². The molecule has 1 N–H and O–H groups in total. The van der Waals surface area contributed by atoms with Crippen molar-refractivity contribution in [3.05, 3.63) is 40.2 Å². The average molecular weight is 357 g/mol. The Balaban J connectivity index is 1.65. The highest BCUT2D eigenvalue weighted by Gasteiger charge is 2.22. The number of carbonyl (C=O) groups excluding carboxylic acids is 1. The van der Waals surface area contributed by atoms with E-state index in [2.05, 4.69) is 19.2 Å². The Morgan fingerprint density at radius 1 is 1.27 bits per heavy atom. The maximum absolute atomic E-state index is 12.2. The zero-order valence-corrected chi connectivity index (χ0v) is 15.5. The number of benzene rings is 1. The fourth-order valence-electron chi connectivity index (χ4n) is 3.70. The van der Waals surface area contributed by atoms with Crippen LogP contribution in [0.5, 0.6) is 5.75 Å². The first kappa shape index (κ1) is 18.5. The molecule has 5 heteroatoms. The van der Waals surface area contributed by atoms with Gasteiger partial charge in [-0.25, -0.2) is 4.79 Å². The Bertz CT molecular complexity index is 826. The Morgan fingerprint density at radius 2 is 2.08 bits per heavy atom. The third kappa shape index (κ3) is 4.45. The van der Waals surface area contributed by atoms with E-state index in [1.165, 1.54) is 12.8 Å². The van der Waals surface area contributed by atoms with Crippen molar-refractivity contribution in [1.29, 1.82) is 0 Å². The number of fused-ring (bicyclic) bond motifs is 1. The molecule has 0 saturated heterocycles. The van der Waals surface area contributed by atoms with E-state index in [1.807, 2.05) is 12.1 Å². The summed E-state index contributed by atoms with van der Waals surface area (Å²) in [6.07, 6.45) is 6.39. The van der Waals surface area contributed by atoms with E-state index in [-0.39, 0.29) is 24.2 Å². The van der Waals surface area contributed by atoms with Crippen molar-refractivity contribution in [3.63, 3.8) is 0 Å². The predicted molar refractivity (Wildman–Crippen MR) is 102 cm³/mol. The van der Waals surface area contributed by atoms with Crippen molar-refractivity contribution >= 4 is 16.9 Å². The molecule has 0 aliphatic heterocycles. The third-order valence-corrected chi connectivity index (χ3v) is 5.15. The third-order valence-electron chi connectivity index (χ3n) is 5.15. The summed E-state index contributed by atoms with van der Waals surface area (Å²) < 4.78 is 10.9. The lowest BCUT2D eigenvalue weighted by atomic mass is 9.86. The molecule has 0 spiro atoms. The van der Waals surface area contributed by atoms with Crippen LogP contribution in [0, 0.1) is 5.92 Å². The Hall–Kier alpha value is -2.30. The highest BCUT2D eigenvalue weighted by molar-refractivity contribution is 5.82. The van der Waals surface area contributed by atoms with Crippen LogP contribution < -0.4 is 15.7 Å². The van der Waals surface area contributed by atoms with Gasteiger partial charge in [-0.05, 0) is 42.9 Å². The summed E-state index contributed by atoms with van der Waals surface area (Å²) in [5.41, 5.74) is 1.12. The van der Waals surface area contributed by atoms with Gasteiger partial charge in [-0.2, -0.15) is 0 Å². The second kappa shape index (κ2) is 8.39. The van der Waals surface area contributed by atoms with Crippen LogP contribution in [0.1, 0.15) is 51.5 Å². The van der Waals surface area contributed by atoms with Gasteiger partial charge in [-0.3, -0.25) is 4.79 Å². The van der Waals surface area contributed by atoms with Crippen LogP contribution in [0.15, 0.2) is 33.5 Å². The molecule has 1 aromatic heterocycles. The molecule has 3 rings (SSSR count). The zero-order valence-electron chi connectivity index (χ0n) is 15.5. The lowest BCUT2D eigenvalue weighted by Gasteiger charge is -2.29. The van der Waals surface area contributed by atoms with Crippen LogP contribution in [-0.4, -0.2) is 18.6 Å². The van der Waals surface area contributed by atoms with Gasteiger partial charge in [0, 0.05) is 23.6 Å². The lowest BCUT2D eigenvalue weighted by molar-refractivity contribution is -0.124. The number of aryl methyl sites for hydroxylation is 1. The fraction of sp³-hybridized carbons (Fsp3) is 0.524. The van der Waals surface area contributed by atoms with Crippen LogP contribution in [0.3, 0.4) is 0 Å². The number of nitrogens with one attached hydrogen (secondary N) is 1. The molecule has 2 unspecified atom stereocenters. The molecule has 2 aromatic rings. The van der Waals surface area contributed by atoms with E-state index in [0.29, 0.717) is 17.3 Å². The van der Waals surface area contributed by atoms with Gasteiger partial charge in [0.05, 0.1) is 0 Å². The maximum atomic E-state index is 12.2. The molecule has 5 nitrogen and oxygen atoms in total. The summed E-state index contributed by atoms with van der Waals surface area (Å²) in [6.45, 7) is 4.22. The molecule has 1 aliphatic carbocycles. The van der Waals surface area contributed by atoms with Crippen LogP contribution >= 0.6 is 0 Å². The molecule has 0 radical (unpaired) electrons. The molecule has 0 bridgehead atoms. The van der Waals surface area contributed by atoms with Gasteiger partial charge in [0.1, 0.15) is 11.3 Å². The first-order chi connectivity index (χ1) is 12.6. The number of amides is 1. The summed E-state index contributed by atoms with van der Waals surface area (Å²) in [5, 5.41) is 3.99. The predicted octanol–water partition coefficient (Wildman–Crippen LogP) is 3.82.